The van der Waals surface area contributed by atoms with E-state index in [4.69, 9.17) is 9.84 Å². The molecule has 2 heterocycles. The van der Waals surface area contributed by atoms with E-state index in [9.17, 15) is 24.6 Å². The van der Waals surface area contributed by atoms with Crippen molar-refractivity contribution in [3.63, 3.8) is 0 Å². The van der Waals surface area contributed by atoms with E-state index in [1.54, 1.807) is 6.08 Å². The number of carboxylic acid groups (broad SMARTS) is 1. The number of aromatic carboxylic acids is 1. The Morgan fingerprint density at radius 1 is 1.22 bits per heavy atom. The fraction of sp³-hybridized carbons (Fsp3) is 0.542. The van der Waals surface area contributed by atoms with Crippen LogP contribution in [0.5, 0.6) is 11.5 Å². The molecule has 1 aromatic carbocycles. The lowest BCUT2D eigenvalue weighted by atomic mass is 9.53. The number of carboxylic acids is 1. The Hall–Kier alpha value is -2.87. The summed E-state index contributed by atoms with van der Waals surface area (Å²) in [5.41, 5.74) is -1.75. The molecular formula is C24H27NO7. The molecule has 1 amide bonds. The monoisotopic (exact) mass is 441 g/mol. The lowest BCUT2D eigenvalue weighted by molar-refractivity contribution is -0.169. The molecule has 4 bridgehead atoms. The maximum atomic E-state index is 13.1. The quantitative estimate of drug-likeness (QED) is 0.516. The molecule has 32 heavy (non-hydrogen) atoms. The molecule has 2 saturated carbocycles. The van der Waals surface area contributed by atoms with Gasteiger partial charge in [-0.25, -0.2) is 4.79 Å². The first kappa shape index (κ1) is 21.0. The molecule has 2 aliphatic heterocycles. The smallest absolute Gasteiger partial charge is 0.339 e. The second kappa shape index (κ2) is 6.57. The molecule has 6 rings (SSSR count). The van der Waals surface area contributed by atoms with Crippen molar-refractivity contribution in [2.75, 3.05) is 5.32 Å². The van der Waals surface area contributed by atoms with E-state index < -0.39 is 34.4 Å². The van der Waals surface area contributed by atoms with Gasteiger partial charge in [-0.15, -0.1) is 0 Å². The van der Waals surface area contributed by atoms with Crippen LogP contribution in [0.3, 0.4) is 0 Å². The third-order valence-electron chi connectivity index (χ3n) is 8.21. The average Bonchev–Trinajstić information content (AvgIpc) is 3.08. The molecule has 8 nitrogen and oxygen atoms in total. The number of rotatable bonds is 5. The summed E-state index contributed by atoms with van der Waals surface area (Å²) in [5, 5.41) is 31.7. The van der Waals surface area contributed by atoms with Gasteiger partial charge in [0.2, 0.25) is 5.91 Å². The maximum absolute atomic E-state index is 13.1. The molecular weight excluding hydrogens is 414 g/mol. The van der Waals surface area contributed by atoms with Gasteiger partial charge in [0.25, 0.3) is 0 Å². The van der Waals surface area contributed by atoms with E-state index >= 15 is 0 Å². The van der Waals surface area contributed by atoms with Gasteiger partial charge in [0.1, 0.15) is 17.0 Å². The second-order valence-electron chi connectivity index (χ2n) is 10.4. The summed E-state index contributed by atoms with van der Waals surface area (Å²) in [4.78, 5) is 37.0. The van der Waals surface area contributed by atoms with Gasteiger partial charge in [0.05, 0.1) is 11.7 Å². The molecule has 1 aromatic rings. The molecule has 2 unspecified atom stereocenters. The van der Waals surface area contributed by atoms with Crippen LogP contribution in [0.25, 0.3) is 0 Å². The van der Waals surface area contributed by atoms with Crippen LogP contribution in [0.2, 0.25) is 0 Å². The Morgan fingerprint density at radius 2 is 1.97 bits per heavy atom. The zero-order chi connectivity index (χ0) is 23.1. The predicted octanol–water partition coefficient (Wildman–Crippen LogP) is 3.23. The van der Waals surface area contributed by atoms with Crippen LogP contribution in [-0.2, 0) is 14.3 Å². The molecule has 6 atom stereocenters. The number of phenolic OH excluding ortho intramolecular Hbond substituents is 1. The molecule has 170 valence electrons. The number of benzene rings is 1. The van der Waals surface area contributed by atoms with E-state index in [1.165, 1.54) is 0 Å². The first-order valence-electron chi connectivity index (χ1n) is 11.0. The van der Waals surface area contributed by atoms with Crippen molar-refractivity contribution in [2.24, 2.45) is 22.7 Å². The van der Waals surface area contributed by atoms with Gasteiger partial charge < -0.3 is 25.4 Å². The topological polar surface area (TPSA) is 133 Å². The third kappa shape index (κ3) is 2.81. The number of anilines is 1. The summed E-state index contributed by atoms with van der Waals surface area (Å²) < 4.78 is 6.41. The van der Waals surface area contributed by atoms with Gasteiger partial charge in [-0.05, 0) is 62.1 Å². The summed E-state index contributed by atoms with van der Waals surface area (Å²) in [7, 11) is 0. The zero-order valence-corrected chi connectivity index (χ0v) is 18.1. The third-order valence-corrected chi connectivity index (χ3v) is 8.21. The van der Waals surface area contributed by atoms with Gasteiger partial charge in [-0.1, -0.05) is 13.0 Å². The SMILES string of the molecule is CC1(CCC(=O)Nc2c(O)ccc(C(=O)O)c2O)C(=O)C=C[C@@]23C[C@H]4C[C@@](C)(C2)O[C@H]4C13. The number of aromatic hydroxyl groups is 2. The summed E-state index contributed by atoms with van der Waals surface area (Å²) in [6.07, 6.45) is 6.94. The zero-order valence-electron chi connectivity index (χ0n) is 18.1. The Bertz CT molecular complexity index is 1080. The van der Waals surface area contributed by atoms with E-state index in [2.05, 4.69) is 18.3 Å². The Morgan fingerprint density at radius 3 is 2.69 bits per heavy atom. The van der Waals surface area contributed by atoms with E-state index in [0.29, 0.717) is 5.92 Å². The number of amides is 1. The highest BCUT2D eigenvalue weighted by Gasteiger charge is 2.71. The van der Waals surface area contributed by atoms with Crippen LogP contribution >= 0.6 is 0 Å². The molecule has 4 fully saturated rings. The summed E-state index contributed by atoms with van der Waals surface area (Å²) in [6, 6.07) is 2.16. The number of hydrogen-bond acceptors (Lipinski definition) is 6. The first-order valence-corrected chi connectivity index (χ1v) is 11.0. The highest BCUT2D eigenvalue weighted by molar-refractivity contribution is 6.00. The second-order valence-corrected chi connectivity index (χ2v) is 10.4. The van der Waals surface area contributed by atoms with E-state index in [1.807, 2.05) is 6.92 Å². The average molecular weight is 441 g/mol. The Balaban J connectivity index is 1.36. The van der Waals surface area contributed by atoms with Crippen molar-refractivity contribution < 1.29 is 34.4 Å². The summed E-state index contributed by atoms with van der Waals surface area (Å²) in [6.45, 7) is 4.06. The summed E-state index contributed by atoms with van der Waals surface area (Å²) >= 11 is 0. The molecule has 1 spiro atoms. The Labute approximate surface area is 185 Å². The van der Waals surface area contributed by atoms with Crippen LogP contribution in [0, 0.1) is 22.7 Å². The van der Waals surface area contributed by atoms with Gasteiger partial charge in [0, 0.05) is 17.8 Å². The minimum Gasteiger partial charge on any atom is -0.506 e. The van der Waals surface area contributed by atoms with E-state index in [0.717, 1.165) is 31.4 Å². The minimum absolute atomic E-state index is 0.00996. The van der Waals surface area contributed by atoms with Gasteiger partial charge >= 0.3 is 5.97 Å². The van der Waals surface area contributed by atoms with Crippen molar-refractivity contribution >= 4 is 23.3 Å². The van der Waals surface area contributed by atoms with Crippen molar-refractivity contribution in [3.8, 4) is 11.5 Å². The van der Waals surface area contributed by atoms with Crippen LogP contribution in [0.15, 0.2) is 24.3 Å². The van der Waals surface area contributed by atoms with Gasteiger partial charge in [-0.2, -0.15) is 0 Å². The highest BCUT2D eigenvalue weighted by Crippen LogP contribution is 2.71. The molecule has 8 heteroatoms. The van der Waals surface area contributed by atoms with Gasteiger partial charge in [0.15, 0.2) is 11.5 Å². The molecule has 0 radical (unpaired) electrons. The standard InChI is InChI=1S/C24H27NO7/c1-22-9-12-10-24(11-22)8-5-15(27)23(2,20(24)19(12)32-22)7-6-16(28)25-17-14(26)4-3-13(18(17)29)21(30)31/h3-5,8,12,19-20,26,29H,6-7,9-11H2,1-2H3,(H,25,28)(H,30,31)/t12-,19-,20?,22+,23?,24-/m1/s1. The first-order chi connectivity index (χ1) is 15.0. The molecule has 4 N–H and O–H groups in total. The summed E-state index contributed by atoms with van der Waals surface area (Å²) in [5.74, 6) is -2.61. The number of hydrogen-bond donors (Lipinski definition) is 4. The molecule has 5 aliphatic rings. The molecule has 3 aliphatic carbocycles. The van der Waals surface area contributed by atoms with Crippen molar-refractivity contribution in [1.29, 1.82) is 0 Å². The van der Waals surface area contributed by atoms with Crippen LogP contribution in [-0.4, -0.2) is 44.7 Å². The number of ether oxygens (including phenoxy) is 1. The number of allylic oxidation sites excluding steroid dienone is 2. The van der Waals surface area contributed by atoms with Crippen molar-refractivity contribution in [3.05, 3.63) is 29.8 Å². The number of phenols is 2. The predicted molar refractivity (Wildman–Crippen MR) is 113 cm³/mol. The fourth-order valence-corrected chi connectivity index (χ4v) is 7.15. The Kier molecular flexibility index (Phi) is 4.31. The van der Waals surface area contributed by atoms with Gasteiger partial charge in [-0.3, -0.25) is 9.59 Å². The lowest BCUT2D eigenvalue weighted by Crippen LogP contribution is -2.55. The lowest BCUT2D eigenvalue weighted by Gasteiger charge is -2.54. The number of nitrogens with one attached hydrogen (secondary N) is 1. The number of ketones is 1. The van der Waals surface area contributed by atoms with Crippen LogP contribution < -0.4 is 5.32 Å². The van der Waals surface area contributed by atoms with E-state index in [-0.39, 0.29) is 47.4 Å². The highest BCUT2D eigenvalue weighted by atomic mass is 16.5. The maximum Gasteiger partial charge on any atom is 0.339 e. The van der Waals surface area contributed by atoms with Crippen LogP contribution in [0.1, 0.15) is 56.3 Å². The molecule has 2 saturated heterocycles. The largest absolute Gasteiger partial charge is 0.506 e. The number of carbonyl (C=O) groups excluding carboxylic acids is 2. The normalized spacial score (nSPS) is 38.7. The minimum atomic E-state index is -1.38. The molecule has 0 aromatic heterocycles. The van der Waals surface area contributed by atoms with Crippen LogP contribution in [0.4, 0.5) is 5.69 Å². The number of carbonyl (C=O) groups is 3. The fourth-order valence-electron chi connectivity index (χ4n) is 7.15. The van der Waals surface area contributed by atoms with Crippen molar-refractivity contribution in [2.45, 2.75) is 57.7 Å². The van der Waals surface area contributed by atoms with Crippen molar-refractivity contribution in [1.82, 2.24) is 0 Å².